The SMILES string of the molecule is Cc1nc(C2CC2)cc(N2CCN(c3ccn4nccc4n3)CC2)n1. The van der Waals surface area contributed by atoms with E-state index in [1.807, 2.05) is 25.3 Å². The molecule has 0 unspecified atom stereocenters. The summed E-state index contributed by atoms with van der Waals surface area (Å²) in [5.74, 6) is 3.64. The normalized spacial score (nSPS) is 18.1. The highest BCUT2D eigenvalue weighted by molar-refractivity contribution is 5.50. The molecular formula is C18H21N7. The Labute approximate surface area is 146 Å². The van der Waals surface area contributed by atoms with Crippen molar-refractivity contribution in [1.29, 1.82) is 0 Å². The van der Waals surface area contributed by atoms with Gasteiger partial charge in [-0.25, -0.2) is 19.5 Å². The maximum atomic E-state index is 4.70. The van der Waals surface area contributed by atoms with Crippen LogP contribution in [0.5, 0.6) is 0 Å². The lowest BCUT2D eigenvalue weighted by Crippen LogP contribution is -2.47. The fourth-order valence-electron chi connectivity index (χ4n) is 3.47. The summed E-state index contributed by atoms with van der Waals surface area (Å²) in [6, 6.07) is 6.16. The van der Waals surface area contributed by atoms with E-state index in [1.54, 1.807) is 10.7 Å². The number of hydrogen-bond donors (Lipinski definition) is 0. The molecule has 1 aliphatic heterocycles. The fourth-order valence-corrected chi connectivity index (χ4v) is 3.47. The van der Waals surface area contributed by atoms with E-state index in [0.717, 1.165) is 49.3 Å². The van der Waals surface area contributed by atoms with Gasteiger partial charge in [0.2, 0.25) is 0 Å². The Morgan fingerprint density at radius 2 is 1.68 bits per heavy atom. The predicted molar refractivity (Wildman–Crippen MR) is 96.2 cm³/mol. The van der Waals surface area contributed by atoms with E-state index in [0.29, 0.717) is 5.92 Å². The van der Waals surface area contributed by atoms with Crippen molar-refractivity contribution in [3.8, 4) is 0 Å². The van der Waals surface area contributed by atoms with Gasteiger partial charge in [-0.15, -0.1) is 0 Å². The van der Waals surface area contributed by atoms with Gasteiger partial charge in [-0.05, 0) is 25.8 Å². The Hall–Kier alpha value is -2.70. The van der Waals surface area contributed by atoms with Crippen LogP contribution in [0.25, 0.3) is 5.65 Å². The molecular weight excluding hydrogens is 314 g/mol. The quantitative estimate of drug-likeness (QED) is 0.730. The monoisotopic (exact) mass is 335 g/mol. The van der Waals surface area contributed by atoms with Crippen molar-refractivity contribution in [2.45, 2.75) is 25.7 Å². The van der Waals surface area contributed by atoms with Gasteiger partial charge in [0.15, 0.2) is 5.65 Å². The molecule has 3 aromatic heterocycles. The number of nitrogens with zero attached hydrogens (tertiary/aromatic N) is 7. The lowest BCUT2D eigenvalue weighted by atomic mass is 10.2. The Morgan fingerprint density at radius 1 is 0.920 bits per heavy atom. The molecule has 0 spiro atoms. The van der Waals surface area contributed by atoms with Crippen molar-refractivity contribution < 1.29 is 0 Å². The first kappa shape index (κ1) is 14.6. The summed E-state index contributed by atoms with van der Waals surface area (Å²) in [4.78, 5) is 18.7. The molecule has 1 saturated heterocycles. The van der Waals surface area contributed by atoms with Crippen molar-refractivity contribution in [3.05, 3.63) is 42.1 Å². The van der Waals surface area contributed by atoms with Crippen molar-refractivity contribution in [3.63, 3.8) is 0 Å². The summed E-state index contributed by atoms with van der Waals surface area (Å²) >= 11 is 0. The van der Waals surface area contributed by atoms with Crippen molar-refractivity contribution in [1.82, 2.24) is 24.6 Å². The van der Waals surface area contributed by atoms with Crippen LogP contribution in [0, 0.1) is 6.92 Å². The maximum absolute atomic E-state index is 4.70. The Balaban J connectivity index is 1.32. The van der Waals surface area contributed by atoms with Crippen LogP contribution in [-0.2, 0) is 0 Å². The van der Waals surface area contributed by atoms with Crippen LogP contribution in [0.15, 0.2) is 30.6 Å². The predicted octanol–water partition coefficient (Wildman–Crippen LogP) is 2.03. The Bertz CT molecular complexity index is 907. The molecule has 0 bridgehead atoms. The number of aromatic nitrogens is 5. The van der Waals surface area contributed by atoms with E-state index in [2.05, 4.69) is 30.9 Å². The van der Waals surface area contributed by atoms with Crippen molar-refractivity contribution >= 4 is 17.3 Å². The molecule has 128 valence electrons. The standard InChI is InChI=1S/C18H21N7/c1-13-20-15(14-2-3-14)12-18(21-13)24-10-8-23(9-11-24)16-5-7-25-17(22-16)4-6-19-25/h4-7,12,14H,2-3,8-11H2,1H3. The second kappa shape index (κ2) is 5.68. The Kier molecular flexibility index (Phi) is 3.33. The van der Waals surface area contributed by atoms with E-state index in [4.69, 9.17) is 4.98 Å². The highest BCUT2D eigenvalue weighted by atomic mass is 15.3. The summed E-state index contributed by atoms with van der Waals surface area (Å²) < 4.78 is 1.79. The minimum Gasteiger partial charge on any atom is -0.353 e. The van der Waals surface area contributed by atoms with Crippen LogP contribution >= 0.6 is 0 Å². The van der Waals surface area contributed by atoms with E-state index in [1.165, 1.54) is 18.5 Å². The van der Waals surface area contributed by atoms with Gasteiger partial charge in [0.1, 0.15) is 17.5 Å². The van der Waals surface area contributed by atoms with Gasteiger partial charge in [-0.1, -0.05) is 0 Å². The molecule has 0 amide bonds. The minimum atomic E-state index is 0.660. The summed E-state index contributed by atoms with van der Waals surface area (Å²) in [5, 5.41) is 4.21. The van der Waals surface area contributed by atoms with Crippen molar-refractivity contribution in [2.75, 3.05) is 36.0 Å². The zero-order valence-corrected chi connectivity index (χ0v) is 14.3. The third-order valence-corrected chi connectivity index (χ3v) is 5.01. The fraction of sp³-hybridized carbons (Fsp3) is 0.444. The van der Waals surface area contributed by atoms with Crippen LogP contribution in [0.3, 0.4) is 0 Å². The molecule has 2 fully saturated rings. The molecule has 0 aromatic carbocycles. The molecule has 2 aliphatic rings. The van der Waals surface area contributed by atoms with Gasteiger partial charge in [0.25, 0.3) is 0 Å². The van der Waals surface area contributed by atoms with Crippen LogP contribution in [0.2, 0.25) is 0 Å². The summed E-state index contributed by atoms with van der Waals surface area (Å²) in [6.45, 7) is 5.79. The zero-order chi connectivity index (χ0) is 16.8. The number of rotatable bonds is 3. The molecule has 1 aliphatic carbocycles. The number of hydrogen-bond acceptors (Lipinski definition) is 6. The first-order chi connectivity index (χ1) is 12.3. The molecule has 0 radical (unpaired) electrons. The molecule has 5 rings (SSSR count). The molecule has 0 atom stereocenters. The average Bonchev–Trinajstić information content (AvgIpc) is 3.39. The van der Waals surface area contributed by atoms with Gasteiger partial charge in [0.05, 0.1) is 6.20 Å². The van der Waals surface area contributed by atoms with Gasteiger partial charge < -0.3 is 9.80 Å². The molecule has 0 N–H and O–H groups in total. The highest BCUT2D eigenvalue weighted by Crippen LogP contribution is 2.39. The van der Waals surface area contributed by atoms with Gasteiger partial charge in [-0.3, -0.25) is 0 Å². The lowest BCUT2D eigenvalue weighted by Gasteiger charge is -2.36. The van der Waals surface area contributed by atoms with Gasteiger partial charge >= 0.3 is 0 Å². The largest absolute Gasteiger partial charge is 0.353 e. The molecule has 25 heavy (non-hydrogen) atoms. The van der Waals surface area contributed by atoms with E-state index < -0.39 is 0 Å². The van der Waals surface area contributed by atoms with Gasteiger partial charge in [0, 0.05) is 56.1 Å². The molecule has 1 saturated carbocycles. The number of anilines is 2. The smallest absolute Gasteiger partial charge is 0.157 e. The summed E-state index contributed by atoms with van der Waals surface area (Å²) in [5.41, 5.74) is 2.11. The van der Waals surface area contributed by atoms with Crippen LogP contribution in [0.1, 0.15) is 30.3 Å². The second-order valence-corrected chi connectivity index (χ2v) is 6.87. The van der Waals surface area contributed by atoms with Crippen LogP contribution in [0.4, 0.5) is 11.6 Å². The maximum Gasteiger partial charge on any atom is 0.157 e. The topological polar surface area (TPSA) is 62.5 Å². The third kappa shape index (κ3) is 2.79. The van der Waals surface area contributed by atoms with Crippen molar-refractivity contribution in [2.24, 2.45) is 0 Å². The lowest BCUT2D eigenvalue weighted by molar-refractivity contribution is 0.638. The first-order valence-electron chi connectivity index (χ1n) is 8.92. The first-order valence-corrected chi connectivity index (χ1v) is 8.92. The zero-order valence-electron chi connectivity index (χ0n) is 14.3. The Morgan fingerprint density at radius 3 is 2.44 bits per heavy atom. The molecule has 7 heteroatoms. The third-order valence-electron chi connectivity index (χ3n) is 5.01. The highest BCUT2D eigenvalue weighted by Gasteiger charge is 2.27. The molecule has 4 heterocycles. The second-order valence-electron chi connectivity index (χ2n) is 6.87. The summed E-state index contributed by atoms with van der Waals surface area (Å²) in [6.07, 6.45) is 6.29. The number of fused-ring (bicyclic) bond motifs is 1. The van der Waals surface area contributed by atoms with E-state index in [-0.39, 0.29) is 0 Å². The number of piperazine rings is 1. The van der Waals surface area contributed by atoms with Gasteiger partial charge in [-0.2, -0.15) is 5.10 Å². The minimum absolute atomic E-state index is 0.660. The van der Waals surface area contributed by atoms with Crippen LogP contribution < -0.4 is 9.80 Å². The molecule has 3 aromatic rings. The van der Waals surface area contributed by atoms with Crippen LogP contribution in [-0.4, -0.2) is 50.7 Å². The average molecular weight is 335 g/mol. The molecule has 7 nitrogen and oxygen atoms in total. The van der Waals surface area contributed by atoms with E-state index >= 15 is 0 Å². The summed E-state index contributed by atoms with van der Waals surface area (Å²) in [7, 11) is 0. The number of aryl methyl sites for hydroxylation is 1. The van der Waals surface area contributed by atoms with E-state index in [9.17, 15) is 0 Å².